The molecule has 1 saturated heterocycles. The Morgan fingerprint density at radius 3 is 2.89 bits per heavy atom. The molecule has 2 aromatic rings. The molecule has 0 radical (unpaired) electrons. The van der Waals surface area contributed by atoms with Crippen LogP contribution in [-0.4, -0.2) is 57.0 Å². The topological polar surface area (TPSA) is 98.3 Å². The molecule has 1 aliphatic rings. The monoisotopic (exact) mass is 376 g/mol. The van der Waals surface area contributed by atoms with Crippen LogP contribution in [0.1, 0.15) is 54.9 Å². The highest BCUT2D eigenvalue weighted by Crippen LogP contribution is 2.19. The lowest BCUT2D eigenvalue weighted by molar-refractivity contribution is 0.0683. The number of likely N-dealkylation sites (tertiary alicyclic amines) is 1. The Kier molecular flexibility index (Phi) is 6.57. The summed E-state index contributed by atoms with van der Waals surface area (Å²) in [6.07, 6.45) is 5.22. The summed E-state index contributed by atoms with van der Waals surface area (Å²) < 4.78 is 12.5. The van der Waals surface area contributed by atoms with Crippen LogP contribution >= 0.6 is 0 Å². The summed E-state index contributed by atoms with van der Waals surface area (Å²) in [6, 6.07) is 0. The summed E-state index contributed by atoms with van der Waals surface area (Å²) in [4.78, 5) is 18.8. The molecule has 1 unspecified atom stereocenters. The fourth-order valence-corrected chi connectivity index (χ4v) is 3.24. The molecular formula is C18H28N6O3. The van der Waals surface area contributed by atoms with Crippen molar-refractivity contribution in [1.82, 2.24) is 30.1 Å². The first-order chi connectivity index (χ1) is 13.0. The second-order valence-corrected chi connectivity index (χ2v) is 6.98. The number of nitrogens with one attached hydrogen (secondary N) is 1. The maximum atomic E-state index is 12.1. The molecule has 0 bridgehead atoms. The molecular weight excluding hydrogens is 348 g/mol. The molecule has 0 spiro atoms. The second kappa shape index (κ2) is 9.09. The lowest BCUT2D eigenvalue weighted by Gasteiger charge is -2.30. The van der Waals surface area contributed by atoms with Crippen molar-refractivity contribution in [1.29, 1.82) is 0 Å². The number of aromatic nitrogens is 4. The van der Waals surface area contributed by atoms with E-state index in [0.717, 1.165) is 25.9 Å². The van der Waals surface area contributed by atoms with E-state index in [4.69, 9.17) is 9.26 Å². The predicted octanol–water partition coefficient (Wildman–Crippen LogP) is 1.54. The SMILES string of the molecule is CCOC(C)c1noc(CN2CCC(CNC(=O)c3cnn(C)c3)CC2)n1. The summed E-state index contributed by atoms with van der Waals surface area (Å²) in [5, 5.41) is 11.0. The molecule has 2 aromatic heterocycles. The van der Waals surface area contributed by atoms with Crippen molar-refractivity contribution in [2.24, 2.45) is 13.0 Å². The van der Waals surface area contributed by atoms with E-state index in [9.17, 15) is 4.79 Å². The Hall–Kier alpha value is -2.26. The number of hydrogen-bond donors (Lipinski definition) is 1. The lowest BCUT2D eigenvalue weighted by atomic mass is 9.96. The summed E-state index contributed by atoms with van der Waals surface area (Å²) in [6.45, 7) is 7.73. The zero-order valence-corrected chi connectivity index (χ0v) is 16.2. The molecule has 1 atom stereocenters. The molecule has 1 N–H and O–H groups in total. The number of hydrogen-bond acceptors (Lipinski definition) is 7. The van der Waals surface area contributed by atoms with Crippen LogP contribution in [0.5, 0.6) is 0 Å². The predicted molar refractivity (Wildman–Crippen MR) is 97.9 cm³/mol. The van der Waals surface area contributed by atoms with E-state index < -0.39 is 0 Å². The molecule has 3 heterocycles. The van der Waals surface area contributed by atoms with Crippen LogP contribution in [0.4, 0.5) is 0 Å². The van der Waals surface area contributed by atoms with E-state index >= 15 is 0 Å². The third-order valence-corrected chi connectivity index (χ3v) is 4.85. The fraction of sp³-hybridized carbons (Fsp3) is 0.667. The zero-order valence-electron chi connectivity index (χ0n) is 16.2. The molecule has 0 saturated carbocycles. The van der Waals surface area contributed by atoms with Crippen LogP contribution in [0.25, 0.3) is 0 Å². The molecule has 9 nitrogen and oxygen atoms in total. The summed E-state index contributed by atoms with van der Waals surface area (Å²) >= 11 is 0. The van der Waals surface area contributed by atoms with Crippen molar-refractivity contribution in [3.8, 4) is 0 Å². The Balaban J connectivity index is 1.39. The first-order valence-electron chi connectivity index (χ1n) is 9.48. The average molecular weight is 376 g/mol. The van der Waals surface area contributed by atoms with Crippen molar-refractivity contribution >= 4 is 5.91 Å². The fourth-order valence-electron chi connectivity index (χ4n) is 3.24. The van der Waals surface area contributed by atoms with Crippen LogP contribution in [0.15, 0.2) is 16.9 Å². The molecule has 3 rings (SSSR count). The summed E-state index contributed by atoms with van der Waals surface area (Å²) in [5.41, 5.74) is 0.600. The highest BCUT2D eigenvalue weighted by atomic mass is 16.5. The van der Waals surface area contributed by atoms with Crippen molar-refractivity contribution in [3.63, 3.8) is 0 Å². The summed E-state index contributed by atoms with van der Waals surface area (Å²) in [5.74, 6) is 1.64. The third kappa shape index (κ3) is 5.36. The van der Waals surface area contributed by atoms with Gasteiger partial charge in [-0.2, -0.15) is 10.1 Å². The number of amides is 1. The first kappa shape index (κ1) is 19.5. The Morgan fingerprint density at radius 1 is 1.44 bits per heavy atom. The van der Waals surface area contributed by atoms with Gasteiger partial charge in [-0.25, -0.2) is 0 Å². The highest BCUT2D eigenvalue weighted by molar-refractivity contribution is 5.93. The minimum Gasteiger partial charge on any atom is -0.371 e. The smallest absolute Gasteiger partial charge is 0.254 e. The van der Waals surface area contributed by atoms with Crippen LogP contribution in [0.2, 0.25) is 0 Å². The van der Waals surface area contributed by atoms with Gasteiger partial charge in [-0.3, -0.25) is 14.4 Å². The minimum atomic E-state index is -0.151. The quantitative estimate of drug-likeness (QED) is 0.746. The first-order valence-corrected chi connectivity index (χ1v) is 9.48. The summed E-state index contributed by atoms with van der Waals surface area (Å²) in [7, 11) is 1.80. The number of piperidine rings is 1. The van der Waals surface area contributed by atoms with Crippen molar-refractivity contribution in [3.05, 3.63) is 29.7 Å². The van der Waals surface area contributed by atoms with Gasteiger partial charge in [0.25, 0.3) is 5.91 Å². The van der Waals surface area contributed by atoms with Gasteiger partial charge in [0, 0.05) is 26.4 Å². The number of rotatable bonds is 8. The Labute approximate surface area is 159 Å². The van der Waals surface area contributed by atoms with Gasteiger partial charge in [-0.15, -0.1) is 0 Å². The lowest BCUT2D eigenvalue weighted by Crippen LogP contribution is -2.38. The molecule has 1 amide bonds. The van der Waals surface area contributed by atoms with Gasteiger partial charge in [0.2, 0.25) is 5.89 Å². The number of carbonyl (C=O) groups is 1. The zero-order chi connectivity index (χ0) is 19.2. The number of carbonyl (C=O) groups excluding carboxylic acids is 1. The third-order valence-electron chi connectivity index (χ3n) is 4.85. The van der Waals surface area contributed by atoms with E-state index in [1.54, 1.807) is 24.1 Å². The number of nitrogens with zero attached hydrogens (tertiary/aromatic N) is 5. The normalized spacial score (nSPS) is 17.1. The Bertz CT molecular complexity index is 735. The van der Waals surface area contributed by atoms with Crippen LogP contribution < -0.4 is 5.32 Å². The highest BCUT2D eigenvalue weighted by Gasteiger charge is 2.22. The van der Waals surface area contributed by atoms with Gasteiger partial charge in [-0.1, -0.05) is 5.16 Å². The molecule has 9 heteroatoms. The average Bonchev–Trinajstić information content (AvgIpc) is 3.30. The van der Waals surface area contributed by atoms with Crippen molar-refractivity contribution < 1.29 is 14.1 Å². The molecule has 0 aromatic carbocycles. The largest absolute Gasteiger partial charge is 0.371 e. The standard InChI is InChI=1S/C18H28N6O3/c1-4-26-13(2)17-21-16(27-22-17)12-24-7-5-14(6-8-24)9-19-18(25)15-10-20-23(3)11-15/h10-11,13-14H,4-9,12H2,1-3H3,(H,19,25). The van der Waals surface area contributed by atoms with E-state index in [1.807, 2.05) is 13.8 Å². The molecule has 1 fully saturated rings. The van der Waals surface area contributed by atoms with E-state index in [-0.39, 0.29) is 12.0 Å². The van der Waals surface area contributed by atoms with Crippen LogP contribution in [0, 0.1) is 5.92 Å². The van der Waals surface area contributed by atoms with E-state index in [2.05, 4.69) is 25.5 Å². The number of aryl methyl sites for hydroxylation is 1. The number of ether oxygens (including phenoxy) is 1. The van der Waals surface area contributed by atoms with E-state index in [1.165, 1.54) is 0 Å². The maximum Gasteiger partial charge on any atom is 0.254 e. The van der Waals surface area contributed by atoms with Gasteiger partial charge in [-0.05, 0) is 45.7 Å². The molecule has 27 heavy (non-hydrogen) atoms. The van der Waals surface area contributed by atoms with Crippen molar-refractivity contribution in [2.75, 3.05) is 26.2 Å². The van der Waals surface area contributed by atoms with Crippen molar-refractivity contribution in [2.45, 2.75) is 39.3 Å². The van der Waals surface area contributed by atoms with E-state index in [0.29, 0.717) is 42.9 Å². The van der Waals surface area contributed by atoms with Gasteiger partial charge in [0.1, 0.15) is 6.10 Å². The maximum absolute atomic E-state index is 12.1. The molecule has 148 valence electrons. The second-order valence-electron chi connectivity index (χ2n) is 6.98. The minimum absolute atomic E-state index is 0.0627. The van der Waals surface area contributed by atoms with Gasteiger partial charge in [0.05, 0.1) is 18.3 Å². The Morgan fingerprint density at radius 2 is 2.22 bits per heavy atom. The molecule has 0 aliphatic carbocycles. The van der Waals surface area contributed by atoms with Gasteiger partial charge < -0.3 is 14.6 Å². The van der Waals surface area contributed by atoms with Crippen LogP contribution in [0.3, 0.4) is 0 Å². The van der Waals surface area contributed by atoms with Gasteiger partial charge in [0.15, 0.2) is 5.82 Å². The molecule has 1 aliphatic heterocycles. The van der Waals surface area contributed by atoms with Gasteiger partial charge >= 0.3 is 0 Å². The van der Waals surface area contributed by atoms with Crippen LogP contribution in [-0.2, 0) is 18.3 Å².